The summed E-state index contributed by atoms with van der Waals surface area (Å²) in [6.07, 6.45) is 0. The Bertz CT molecular complexity index is 818. The maximum atomic E-state index is 12.3. The summed E-state index contributed by atoms with van der Waals surface area (Å²) in [5.74, 6) is -0.321. The minimum atomic E-state index is -0.321. The SMILES string of the molecule is O=C(Nc1ccccc1-c1ccccc1)c1snc(Cl)c1Cl. The highest BCUT2D eigenvalue weighted by molar-refractivity contribution is 7.09. The summed E-state index contributed by atoms with van der Waals surface area (Å²) in [6, 6.07) is 17.4. The van der Waals surface area contributed by atoms with E-state index in [9.17, 15) is 4.79 Å². The van der Waals surface area contributed by atoms with Gasteiger partial charge in [-0.05, 0) is 23.2 Å². The van der Waals surface area contributed by atoms with Crippen LogP contribution < -0.4 is 5.32 Å². The Labute approximate surface area is 141 Å². The minimum Gasteiger partial charge on any atom is -0.321 e. The fourth-order valence-electron chi connectivity index (χ4n) is 2.04. The van der Waals surface area contributed by atoms with E-state index in [0.29, 0.717) is 10.6 Å². The molecule has 1 heterocycles. The second-order valence-electron chi connectivity index (χ2n) is 4.48. The van der Waals surface area contributed by atoms with Gasteiger partial charge in [-0.2, -0.15) is 4.37 Å². The highest BCUT2D eigenvalue weighted by Crippen LogP contribution is 2.31. The molecule has 3 rings (SSSR count). The molecular formula is C16H10Cl2N2OS. The second-order valence-corrected chi connectivity index (χ2v) is 5.99. The summed E-state index contributed by atoms with van der Waals surface area (Å²) in [7, 11) is 0. The van der Waals surface area contributed by atoms with Gasteiger partial charge in [0.25, 0.3) is 5.91 Å². The topological polar surface area (TPSA) is 42.0 Å². The Morgan fingerprint density at radius 1 is 1.00 bits per heavy atom. The number of nitrogens with one attached hydrogen (secondary N) is 1. The van der Waals surface area contributed by atoms with Crippen molar-refractivity contribution in [3.8, 4) is 11.1 Å². The van der Waals surface area contributed by atoms with E-state index in [1.807, 2.05) is 54.6 Å². The minimum absolute atomic E-state index is 0.146. The average Bonchev–Trinajstić information content (AvgIpc) is 2.88. The molecule has 0 fully saturated rings. The van der Waals surface area contributed by atoms with E-state index in [0.717, 1.165) is 22.7 Å². The van der Waals surface area contributed by atoms with Crippen molar-refractivity contribution >= 4 is 46.3 Å². The molecule has 1 N–H and O–H groups in total. The van der Waals surface area contributed by atoms with Crippen molar-refractivity contribution in [2.45, 2.75) is 0 Å². The predicted molar refractivity (Wildman–Crippen MR) is 92.0 cm³/mol. The van der Waals surface area contributed by atoms with Gasteiger partial charge in [0.15, 0.2) is 5.15 Å². The molecule has 3 nitrogen and oxygen atoms in total. The lowest BCUT2D eigenvalue weighted by Gasteiger charge is -2.10. The lowest BCUT2D eigenvalue weighted by molar-refractivity contribution is 0.103. The van der Waals surface area contributed by atoms with Crippen molar-refractivity contribution < 1.29 is 4.79 Å². The number of anilines is 1. The van der Waals surface area contributed by atoms with Crippen molar-refractivity contribution in [3.05, 3.63) is 69.7 Å². The first-order valence-electron chi connectivity index (χ1n) is 6.43. The van der Waals surface area contributed by atoms with Gasteiger partial charge in [-0.25, -0.2) is 0 Å². The monoisotopic (exact) mass is 348 g/mol. The van der Waals surface area contributed by atoms with Crippen LogP contribution in [-0.4, -0.2) is 10.3 Å². The molecule has 0 radical (unpaired) electrons. The Morgan fingerprint density at radius 3 is 2.36 bits per heavy atom. The highest BCUT2D eigenvalue weighted by Gasteiger charge is 2.18. The molecule has 0 spiro atoms. The molecule has 1 amide bonds. The zero-order chi connectivity index (χ0) is 15.5. The van der Waals surface area contributed by atoms with Gasteiger partial charge in [0, 0.05) is 11.3 Å². The lowest BCUT2D eigenvalue weighted by atomic mass is 10.0. The van der Waals surface area contributed by atoms with Crippen molar-refractivity contribution in [1.82, 2.24) is 4.37 Å². The molecule has 0 aliphatic carbocycles. The maximum Gasteiger partial charge on any atom is 0.268 e. The number of amides is 1. The number of benzene rings is 2. The van der Waals surface area contributed by atoms with Crippen molar-refractivity contribution in [2.75, 3.05) is 5.32 Å². The third kappa shape index (κ3) is 2.99. The van der Waals surface area contributed by atoms with Crippen molar-refractivity contribution in [1.29, 1.82) is 0 Å². The number of aromatic nitrogens is 1. The summed E-state index contributed by atoms with van der Waals surface area (Å²) in [6.45, 7) is 0. The summed E-state index contributed by atoms with van der Waals surface area (Å²) >= 11 is 12.8. The summed E-state index contributed by atoms with van der Waals surface area (Å²) in [5, 5.41) is 3.20. The standard InChI is InChI=1S/C16H10Cl2N2OS/c17-13-14(22-20-15(13)18)16(21)19-12-9-5-4-8-11(12)10-6-2-1-3-7-10/h1-9H,(H,19,21). The Kier molecular flexibility index (Phi) is 4.43. The quantitative estimate of drug-likeness (QED) is 0.691. The molecule has 1 aromatic heterocycles. The van der Waals surface area contributed by atoms with E-state index >= 15 is 0 Å². The molecule has 0 bridgehead atoms. The largest absolute Gasteiger partial charge is 0.321 e. The van der Waals surface area contributed by atoms with Crippen LogP contribution in [0.3, 0.4) is 0 Å². The molecule has 3 aromatic rings. The first kappa shape index (κ1) is 15.0. The number of nitrogens with zero attached hydrogens (tertiary/aromatic N) is 1. The number of rotatable bonds is 3. The predicted octanol–water partition coefficient (Wildman–Crippen LogP) is 5.37. The summed E-state index contributed by atoms with van der Waals surface area (Å²) < 4.78 is 3.87. The van der Waals surface area contributed by atoms with E-state index in [-0.39, 0.29) is 16.1 Å². The molecule has 0 aliphatic rings. The number of hydrogen-bond donors (Lipinski definition) is 1. The molecule has 0 unspecified atom stereocenters. The van der Waals surface area contributed by atoms with Gasteiger partial charge in [0.2, 0.25) is 0 Å². The van der Waals surface area contributed by atoms with Gasteiger partial charge in [-0.3, -0.25) is 4.79 Å². The van der Waals surface area contributed by atoms with E-state index in [2.05, 4.69) is 9.69 Å². The van der Waals surface area contributed by atoms with Gasteiger partial charge in [0.05, 0.1) is 0 Å². The van der Waals surface area contributed by atoms with Crippen LogP contribution in [0.25, 0.3) is 11.1 Å². The van der Waals surface area contributed by atoms with E-state index in [1.165, 1.54) is 0 Å². The summed E-state index contributed by atoms with van der Waals surface area (Å²) in [5.41, 5.74) is 2.66. The zero-order valence-corrected chi connectivity index (χ0v) is 13.5. The van der Waals surface area contributed by atoms with Gasteiger partial charge < -0.3 is 5.32 Å². The normalized spacial score (nSPS) is 10.5. The molecule has 2 aromatic carbocycles. The van der Waals surface area contributed by atoms with Crippen LogP contribution in [-0.2, 0) is 0 Å². The van der Waals surface area contributed by atoms with Crippen LogP contribution in [0.5, 0.6) is 0 Å². The van der Waals surface area contributed by atoms with Gasteiger partial charge >= 0.3 is 0 Å². The molecule has 22 heavy (non-hydrogen) atoms. The van der Waals surface area contributed by atoms with Crippen molar-refractivity contribution in [3.63, 3.8) is 0 Å². The van der Waals surface area contributed by atoms with E-state index < -0.39 is 0 Å². The van der Waals surface area contributed by atoms with E-state index in [4.69, 9.17) is 23.2 Å². The van der Waals surface area contributed by atoms with E-state index in [1.54, 1.807) is 0 Å². The Hall–Kier alpha value is -1.88. The average molecular weight is 349 g/mol. The van der Waals surface area contributed by atoms with Gasteiger partial charge in [0.1, 0.15) is 9.90 Å². The molecule has 110 valence electrons. The Morgan fingerprint density at radius 2 is 1.68 bits per heavy atom. The third-order valence-corrected chi connectivity index (χ3v) is 4.86. The number of para-hydroxylation sites is 1. The first-order chi connectivity index (χ1) is 10.7. The molecule has 0 saturated carbocycles. The lowest BCUT2D eigenvalue weighted by Crippen LogP contribution is -2.11. The number of hydrogen-bond acceptors (Lipinski definition) is 3. The molecule has 6 heteroatoms. The fraction of sp³-hybridized carbons (Fsp3) is 0. The van der Waals surface area contributed by atoms with Crippen LogP contribution in [0.1, 0.15) is 9.67 Å². The van der Waals surface area contributed by atoms with Crippen LogP contribution in [0.2, 0.25) is 10.2 Å². The first-order valence-corrected chi connectivity index (χ1v) is 7.96. The second kappa shape index (κ2) is 6.48. The molecular weight excluding hydrogens is 339 g/mol. The number of carbonyl (C=O) groups is 1. The zero-order valence-electron chi connectivity index (χ0n) is 11.2. The summed E-state index contributed by atoms with van der Waals surface area (Å²) in [4.78, 5) is 12.6. The third-order valence-electron chi connectivity index (χ3n) is 3.06. The molecule has 0 atom stereocenters. The Balaban J connectivity index is 1.93. The van der Waals surface area contributed by atoms with Gasteiger partial charge in [-0.15, -0.1) is 0 Å². The van der Waals surface area contributed by atoms with Crippen LogP contribution in [0, 0.1) is 0 Å². The number of carbonyl (C=O) groups excluding carboxylic acids is 1. The van der Waals surface area contributed by atoms with Crippen molar-refractivity contribution in [2.24, 2.45) is 0 Å². The fourth-order valence-corrected chi connectivity index (χ4v) is 3.15. The molecule has 0 saturated heterocycles. The molecule has 0 aliphatic heterocycles. The van der Waals surface area contributed by atoms with Gasteiger partial charge in [-0.1, -0.05) is 71.7 Å². The van der Waals surface area contributed by atoms with Crippen LogP contribution >= 0.6 is 34.7 Å². The highest BCUT2D eigenvalue weighted by atomic mass is 35.5. The number of halogens is 2. The maximum absolute atomic E-state index is 12.3. The smallest absolute Gasteiger partial charge is 0.268 e. The van der Waals surface area contributed by atoms with Crippen LogP contribution in [0.4, 0.5) is 5.69 Å². The van der Waals surface area contributed by atoms with Crippen LogP contribution in [0.15, 0.2) is 54.6 Å².